The summed E-state index contributed by atoms with van der Waals surface area (Å²) in [6.07, 6.45) is 0.691. The van der Waals surface area contributed by atoms with Crippen LogP contribution in [-0.4, -0.2) is 26.3 Å². The quantitative estimate of drug-likeness (QED) is 0.392. The van der Waals surface area contributed by atoms with Crippen molar-refractivity contribution in [1.82, 2.24) is 15.2 Å². The van der Waals surface area contributed by atoms with Gasteiger partial charge in [-0.05, 0) is 19.4 Å². The number of nitrogens with zero attached hydrogens (tertiary/aromatic N) is 4. The van der Waals surface area contributed by atoms with Crippen molar-refractivity contribution in [3.63, 3.8) is 0 Å². The van der Waals surface area contributed by atoms with Gasteiger partial charge in [0.1, 0.15) is 0 Å². The molecule has 2 aromatic carbocycles. The predicted molar refractivity (Wildman–Crippen MR) is 109 cm³/mol. The molecule has 1 amide bonds. The van der Waals surface area contributed by atoms with E-state index in [2.05, 4.69) is 15.6 Å². The van der Waals surface area contributed by atoms with Crippen molar-refractivity contribution in [1.29, 1.82) is 0 Å². The standard InChI is InChI=1S/C20H19N5O4/c1-3-11-24-20(27)17-10-5-4-9-16(17)18(23-24)19(26)22-21-13(2)14-7-6-8-15(12-14)25(28)29/h4-10,12H,3,11H2,1-2H3,(H,22,26)/b21-13+. The van der Waals surface area contributed by atoms with Crippen LogP contribution in [0.3, 0.4) is 0 Å². The van der Waals surface area contributed by atoms with Gasteiger partial charge in [0.2, 0.25) is 0 Å². The van der Waals surface area contributed by atoms with Gasteiger partial charge < -0.3 is 0 Å². The minimum atomic E-state index is -0.573. The first-order valence-electron chi connectivity index (χ1n) is 9.01. The van der Waals surface area contributed by atoms with E-state index in [4.69, 9.17) is 0 Å². The van der Waals surface area contributed by atoms with Crippen LogP contribution >= 0.6 is 0 Å². The van der Waals surface area contributed by atoms with Crippen LogP contribution in [0, 0.1) is 10.1 Å². The Labute approximate surface area is 165 Å². The second-order valence-electron chi connectivity index (χ2n) is 6.37. The third-order valence-electron chi connectivity index (χ3n) is 4.32. The number of non-ortho nitro benzene ring substituents is 1. The fourth-order valence-corrected chi connectivity index (χ4v) is 2.86. The van der Waals surface area contributed by atoms with Crippen LogP contribution in [0.1, 0.15) is 36.3 Å². The number of aromatic nitrogens is 2. The number of aryl methyl sites for hydroxylation is 1. The zero-order valence-corrected chi connectivity index (χ0v) is 16.0. The molecular formula is C20H19N5O4. The Morgan fingerprint density at radius 3 is 2.62 bits per heavy atom. The van der Waals surface area contributed by atoms with Crippen molar-refractivity contribution in [2.45, 2.75) is 26.8 Å². The molecule has 9 heteroatoms. The van der Waals surface area contributed by atoms with Gasteiger partial charge in [-0.1, -0.05) is 37.3 Å². The molecule has 1 N–H and O–H groups in total. The smallest absolute Gasteiger partial charge is 0.267 e. The minimum absolute atomic E-state index is 0.0670. The molecule has 0 unspecified atom stereocenters. The Morgan fingerprint density at radius 1 is 1.21 bits per heavy atom. The topological polar surface area (TPSA) is 119 Å². The highest BCUT2D eigenvalue weighted by atomic mass is 16.6. The van der Waals surface area contributed by atoms with E-state index in [0.717, 1.165) is 0 Å². The zero-order valence-electron chi connectivity index (χ0n) is 16.0. The Hall–Kier alpha value is -3.88. The molecule has 3 aromatic rings. The van der Waals surface area contributed by atoms with E-state index in [0.29, 0.717) is 35.0 Å². The second kappa shape index (κ2) is 8.42. The van der Waals surface area contributed by atoms with Crippen LogP contribution in [0.4, 0.5) is 5.69 Å². The van der Waals surface area contributed by atoms with Gasteiger partial charge in [-0.15, -0.1) is 0 Å². The molecule has 0 aliphatic rings. The van der Waals surface area contributed by atoms with E-state index in [9.17, 15) is 19.7 Å². The molecule has 1 heterocycles. The number of carbonyl (C=O) groups excluding carboxylic acids is 1. The number of hydrogen-bond donors (Lipinski definition) is 1. The number of fused-ring (bicyclic) bond motifs is 1. The van der Waals surface area contributed by atoms with Gasteiger partial charge in [0.05, 0.1) is 16.0 Å². The van der Waals surface area contributed by atoms with Gasteiger partial charge in [0.25, 0.3) is 17.2 Å². The van der Waals surface area contributed by atoms with Gasteiger partial charge in [-0.2, -0.15) is 10.2 Å². The van der Waals surface area contributed by atoms with Crippen LogP contribution in [0.15, 0.2) is 58.4 Å². The number of hydrogen-bond acceptors (Lipinski definition) is 6. The van der Waals surface area contributed by atoms with Crippen molar-refractivity contribution < 1.29 is 9.72 Å². The van der Waals surface area contributed by atoms with Crippen LogP contribution < -0.4 is 11.0 Å². The maximum Gasteiger partial charge on any atom is 0.292 e. The van der Waals surface area contributed by atoms with Crippen LogP contribution in [0.5, 0.6) is 0 Å². The van der Waals surface area contributed by atoms with Gasteiger partial charge in [0, 0.05) is 29.6 Å². The molecule has 3 rings (SSSR count). The normalized spacial score (nSPS) is 11.4. The Morgan fingerprint density at radius 2 is 1.93 bits per heavy atom. The van der Waals surface area contributed by atoms with Crippen LogP contribution in [0.25, 0.3) is 10.8 Å². The number of hydrazone groups is 1. The van der Waals surface area contributed by atoms with E-state index in [1.165, 1.54) is 16.8 Å². The van der Waals surface area contributed by atoms with Crippen molar-refractivity contribution in [3.8, 4) is 0 Å². The monoisotopic (exact) mass is 393 g/mol. The molecule has 1 aromatic heterocycles. The molecular weight excluding hydrogens is 374 g/mol. The summed E-state index contributed by atoms with van der Waals surface area (Å²) in [5, 5.41) is 20.0. The number of amides is 1. The number of carbonyl (C=O) groups is 1. The molecule has 0 aliphatic carbocycles. The second-order valence-corrected chi connectivity index (χ2v) is 6.37. The highest BCUT2D eigenvalue weighted by molar-refractivity contribution is 6.06. The lowest BCUT2D eigenvalue weighted by Crippen LogP contribution is -2.29. The summed E-state index contributed by atoms with van der Waals surface area (Å²) in [7, 11) is 0. The molecule has 0 radical (unpaired) electrons. The summed E-state index contributed by atoms with van der Waals surface area (Å²) in [5.74, 6) is -0.573. The van der Waals surface area contributed by atoms with Gasteiger partial charge in [-0.25, -0.2) is 10.1 Å². The number of nitro groups is 1. The van der Waals surface area contributed by atoms with E-state index < -0.39 is 10.8 Å². The summed E-state index contributed by atoms with van der Waals surface area (Å²) in [6, 6.07) is 12.7. The highest BCUT2D eigenvalue weighted by Gasteiger charge is 2.16. The summed E-state index contributed by atoms with van der Waals surface area (Å²) in [6.45, 7) is 3.93. The number of nitrogens with one attached hydrogen (secondary N) is 1. The van der Waals surface area contributed by atoms with Crippen molar-refractivity contribution >= 4 is 28.1 Å². The van der Waals surface area contributed by atoms with E-state index in [1.54, 1.807) is 43.3 Å². The zero-order chi connectivity index (χ0) is 21.0. The first kappa shape index (κ1) is 19.9. The Balaban J connectivity index is 1.95. The summed E-state index contributed by atoms with van der Waals surface area (Å²) in [4.78, 5) is 35.7. The van der Waals surface area contributed by atoms with Crippen molar-refractivity contribution in [2.24, 2.45) is 5.10 Å². The molecule has 29 heavy (non-hydrogen) atoms. The Kier molecular flexibility index (Phi) is 5.77. The van der Waals surface area contributed by atoms with E-state index >= 15 is 0 Å². The molecule has 9 nitrogen and oxygen atoms in total. The fourth-order valence-electron chi connectivity index (χ4n) is 2.86. The molecule has 0 saturated heterocycles. The van der Waals surface area contributed by atoms with E-state index in [1.807, 2.05) is 6.92 Å². The lowest BCUT2D eigenvalue weighted by Gasteiger charge is -2.09. The van der Waals surface area contributed by atoms with Gasteiger partial charge in [0.15, 0.2) is 5.69 Å². The largest absolute Gasteiger partial charge is 0.292 e. The third-order valence-corrected chi connectivity index (χ3v) is 4.32. The fraction of sp³-hybridized carbons (Fsp3) is 0.200. The molecule has 0 bridgehead atoms. The van der Waals surface area contributed by atoms with Crippen LogP contribution in [0.2, 0.25) is 0 Å². The lowest BCUT2D eigenvalue weighted by molar-refractivity contribution is -0.384. The molecule has 0 atom stereocenters. The summed E-state index contributed by atoms with van der Waals surface area (Å²) in [5.41, 5.74) is 3.10. The average molecular weight is 393 g/mol. The first-order valence-corrected chi connectivity index (χ1v) is 9.01. The molecule has 0 aliphatic heterocycles. The summed E-state index contributed by atoms with van der Waals surface area (Å²) >= 11 is 0. The van der Waals surface area contributed by atoms with E-state index in [-0.39, 0.29) is 16.9 Å². The lowest BCUT2D eigenvalue weighted by atomic mass is 10.1. The van der Waals surface area contributed by atoms with Crippen LogP contribution in [-0.2, 0) is 6.54 Å². The maximum atomic E-state index is 12.7. The average Bonchev–Trinajstić information content (AvgIpc) is 2.74. The van der Waals surface area contributed by atoms with Gasteiger partial charge in [-0.3, -0.25) is 19.7 Å². The van der Waals surface area contributed by atoms with Crippen molar-refractivity contribution in [3.05, 3.63) is 80.3 Å². The SMILES string of the molecule is CCCn1nc(C(=O)N/N=C(\C)c2cccc([N+](=O)[O-])c2)c2ccccc2c1=O. The third kappa shape index (κ3) is 4.18. The predicted octanol–water partition coefficient (Wildman–Crippen LogP) is 2.87. The maximum absolute atomic E-state index is 12.7. The van der Waals surface area contributed by atoms with Gasteiger partial charge >= 0.3 is 0 Å². The number of rotatable bonds is 6. The molecule has 0 fully saturated rings. The highest BCUT2D eigenvalue weighted by Crippen LogP contribution is 2.15. The molecule has 0 saturated carbocycles. The summed E-state index contributed by atoms with van der Waals surface area (Å²) < 4.78 is 1.27. The first-order chi connectivity index (χ1) is 13.9. The minimum Gasteiger partial charge on any atom is -0.267 e. The van der Waals surface area contributed by atoms with Crippen molar-refractivity contribution in [2.75, 3.05) is 0 Å². The number of benzene rings is 2. The Bertz CT molecular complexity index is 1180. The molecule has 0 spiro atoms. The number of nitro benzene ring substituents is 1. The molecule has 148 valence electrons.